The van der Waals surface area contributed by atoms with E-state index in [2.05, 4.69) is 0 Å². The van der Waals surface area contributed by atoms with Crippen LogP contribution in [0.15, 0.2) is 30.3 Å². The van der Waals surface area contributed by atoms with E-state index < -0.39 is 47.5 Å². The number of esters is 2. The third-order valence-corrected chi connectivity index (χ3v) is 4.99. The van der Waals surface area contributed by atoms with Crippen LogP contribution in [0.25, 0.3) is 0 Å². The fourth-order valence-electron chi connectivity index (χ4n) is 3.17. The monoisotopic (exact) mass is 420 g/mol. The third kappa shape index (κ3) is 5.20. The van der Waals surface area contributed by atoms with Gasteiger partial charge in [0.05, 0.1) is 24.0 Å². The van der Waals surface area contributed by atoms with Gasteiger partial charge in [0.15, 0.2) is 18.5 Å². The summed E-state index contributed by atoms with van der Waals surface area (Å²) in [4.78, 5) is 25.0. The average molecular weight is 421 g/mol. The van der Waals surface area contributed by atoms with E-state index in [0.29, 0.717) is 6.61 Å². The second-order valence-electron chi connectivity index (χ2n) is 9.88. The van der Waals surface area contributed by atoms with Crippen LogP contribution < -0.4 is 0 Å². The molecular weight excluding hydrogens is 388 g/mol. The highest BCUT2D eigenvalue weighted by molar-refractivity contribution is 5.76. The molecule has 2 aliphatic rings. The minimum Gasteiger partial charge on any atom is -0.455 e. The Morgan fingerprint density at radius 2 is 1.43 bits per heavy atom. The SMILES string of the molecule is CC(C)(C)C(=O)O[C@@H]1[C@@H](OC(=O)C(C)(C)C)[C@H]2O[C@@H]1[C@@H](COCc1ccccc1)O2. The molecule has 0 unspecified atom stereocenters. The van der Waals surface area contributed by atoms with E-state index in [1.807, 2.05) is 30.3 Å². The third-order valence-electron chi connectivity index (χ3n) is 4.99. The van der Waals surface area contributed by atoms with Crippen molar-refractivity contribution in [1.29, 1.82) is 0 Å². The first kappa shape index (κ1) is 22.7. The van der Waals surface area contributed by atoms with Crippen molar-refractivity contribution >= 4 is 11.9 Å². The zero-order chi connectivity index (χ0) is 22.1. The molecule has 0 amide bonds. The summed E-state index contributed by atoms with van der Waals surface area (Å²) < 4.78 is 29.0. The maximum atomic E-state index is 12.5. The minimum absolute atomic E-state index is 0.277. The molecule has 0 aromatic heterocycles. The van der Waals surface area contributed by atoms with Gasteiger partial charge < -0.3 is 23.7 Å². The molecule has 2 heterocycles. The van der Waals surface area contributed by atoms with Crippen LogP contribution in [0, 0.1) is 10.8 Å². The summed E-state index contributed by atoms with van der Waals surface area (Å²) in [7, 11) is 0. The van der Waals surface area contributed by atoms with Crippen LogP contribution in [0.2, 0.25) is 0 Å². The molecule has 2 bridgehead atoms. The van der Waals surface area contributed by atoms with Gasteiger partial charge in [0.2, 0.25) is 0 Å². The van der Waals surface area contributed by atoms with E-state index in [9.17, 15) is 9.59 Å². The maximum Gasteiger partial charge on any atom is 0.311 e. The molecule has 0 radical (unpaired) electrons. The number of hydrogen-bond donors (Lipinski definition) is 0. The molecule has 2 fully saturated rings. The second-order valence-corrected chi connectivity index (χ2v) is 9.88. The minimum atomic E-state index is -0.807. The van der Waals surface area contributed by atoms with Crippen LogP contribution in [0.3, 0.4) is 0 Å². The Labute approximate surface area is 178 Å². The van der Waals surface area contributed by atoms with Gasteiger partial charge >= 0.3 is 11.9 Å². The summed E-state index contributed by atoms with van der Waals surface area (Å²) >= 11 is 0. The smallest absolute Gasteiger partial charge is 0.311 e. The Hall–Kier alpha value is -1.96. The molecule has 3 rings (SSSR count). The summed E-state index contributed by atoms with van der Waals surface area (Å²) in [5.74, 6) is -0.787. The summed E-state index contributed by atoms with van der Waals surface area (Å²) in [6, 6.07) is 9.81. The highest BCUT2D eigenvalue weighted by Crippen LogP contribution is 2.39. The van der Waals surface area contributed by atoms with Crippen molar-refractivity contribution < 1.29 is 33.3 Å². The van der Waals surface area contributed by atoms with Crippen molar-refractivity contribution in [2.24, 2.45) is 10.8 Å². The zero-order valence-corrected chi connectivity index (χ0v) is 18.5. The molecule has 2 aliphatic heterocycles. The van der Waals surface area contributed by atoms with Crippen LogP contribution >= 0.6 is 0 Å². The normalized spacial score (nSPS) is 28.4. The van der Waals surface area contributed by atoms with E-state index in [-0.39, 0.29) is 12.6 Å². The molecule has 0 aliphatic carbocycles. The Balaban J connectivity index is 1.67. The Morgan fingerprint density at radius 3 is 2.00 bits per heavy atom. The molecule has 0 saturated carbocycles. The predicted octanol–water partition coefficient (Wildman–Crippen LogP) is 3.24. The number of benzene rings is 1. The molecule has 1 aromatic carbocycles. The number of carbonyl (C=O) groups excluding carboxylic acids is 2. The van der Waals surface area contributed by atoms with Gasteiger partial charge in [-0.3, -0.25) is 9.59 Å². The largest absolute Gasteiger partial charge is 0.455 e. The van der Waals surface area contributed by atoms with Crippen LogP contribution in [0.5, 0.6) is 0 Å². The van der Waals surface area contributed by atoms with Gasteiger partial charge in [-0.2, -0.15) is 0 Å². The summed E-state index contributed by atoms with van der Waals surface area (Å²) in [5.41, 5.74) is -0.339. The maximum absolute atomic E-state index is 12.5. The van der Waals surface area contributed by atoms with E-state index >= 15 is 0 Å². The molecule has 30 heavy (non-hydrogen) atoms. The summed E-state index contributed by atoms with van der Waals surface area (Å²) in [6.45, 7) is 11.3. The van der Waals surface area contributed by atoms with Crippen molar-refractivity contribution in [2.45, 2.75) is 78.9 Å². The van der Waals surface area contributed by atoms with Gasteiger partial charge in [-0.1, -0.05) is 30.3 Å². The van der Waals surface area contributed by atoms with Gasteiger partial charge in [0.1, 0.15) is 12.2 Å². The molecule has 0 N–H and O–H groups in total. The molecule has 1 aromatic rings. The average Bonchev–Trinajstić information content (AvgIpc) is 3.20. The van der Waals surface area contributed by atoms with Crippen molar-refractivity contribution in [3.05, 3.63) is 35.9 Å². The van der Waals surface area contributed by atoms with Gasteiger partial charge in [-0.25, -0.2) is 0 Å². The van der Waals surface area contributed by atoms with Crippen LogP contribution in [-0.4, -0.2) is 49.3 Å². The first-order valence-electron chi connectivity index (χ1n) is 10.3. The number of ether oxygens (including phenoxy) is 5. The lowest BCUT2D eigenvalue weighted by Crippen LogP contribution is -2.52. The Morgan fingerprint density at radius 1 is 0.867 bits per heavy atom. The lowest BCUT2D eigenvalue weighted by molar-refractivity contribution is -0.202. The first-order chi connectivity index (χ1) is 14.0. The number of hydrogen-bond acceptors (Lipinski definition) is 7. The fraction of sp³-hybridized carbons (Fsp3) is 0.652. The number of fused-ring (bicyclic) bond motifs is 2. The Kier molecular flexibility index (Phi) is 6.55. The van der Waals surface area contributed by atoms with E-state index in [1.54, 1.807) is 41.5 Å². The zero-order valence-electron chi connectivity index (χ0n) is 18.5. The topological polar surface area (TPSA) is 80.3 Å². The number of rotatable bonds is 6. The van der Waals surface area contributed by atoms with Crippen LogP contribution in [0.4, 0.5) is 0 Å². The molecule has 2 saturated heterocycles. The standard InChI is InChI=1S/C23H32O7/c1-22(2,3)20(24)29-17-16-15(13-26-12-14-10-8-7-9-11-14)27-19(28-16)18(17)30-21(25)23(4,5)6/h7-11,15-19H,12-13H2,1-6H3/t15-,16-,17+,18-,19-/m1/s1. The predicted molar refractivity (Wildman–Crippen MR) is 108 cm³/mol. The number of carbonyl (C=O) groups is 2. The van der Waals surface area contributed by atoms with Crippen molar-refractivity contribution in [2.75, 3.05) is 6.61 Å². The van der Waals surface area contributed by atoms with Crippen molar-refractivity contribution in [1.82, 2.24) is 0 Å². The quantitative estimate of drug-likeness (QED) is 0.654. The Bertz CT molecular complexity index is 747. The first-order valence-corrected chi connectivity index (χ1v) is 10.3. The van der Waals surface area contributed by atoms with Crippen molar-refractivity contribution in [3.8, 4) is 0 Å². The molecular formula is C23H32O7. The molecule has 5 atom stereocenters. The van der Waals surface area contributed by atoms with E-state index in [4.69, 9.17) is 23.7 Å². The lowest BCUT2D eigenvalue weighted by Gasteiger charge is -2.34. The highest BCUT2D eigenvalue weighted by atomic mass is 16.8. The molecule has 0 spiro atoms. The molecule has 7 nitrogen and oxygen atoms in total. The lowest BCUT2D eigenvalue weighted by atomic mass is 9.95. The summed E-state index contributed by atoms with van der Waals surface area (Å²) in [5, 5.41) is 0. The van der Waals surface area contributed by atoms with E-state index in [0.717, 1.165) is 5.56 Å². The van der Waals surface area contributed by atoms with Crippen molar-refractivity contribution in [3.63, 3.8) is 0 Å². The van der Waals surface area contributed by atoms with Gasteiger partial charge in [0.25, 0.3) is 0 Å². The van der Waals surface area contributed by atoms with Gasteiger partial charge in [-0.05, 0) is 47.1 Å². The van der Waals surface area contributed by atoms with Gasteiger partial charge in [-0.15, -0.1) is 0 Å². The fourth-order valence-corrected chi connectivity index (χ4v) is 3.17. The summed E-state index contributed by atoms with van der Waals surface area (Å²) in [6.07, 6.45) is -3.31. The van der Waals surface area contributed by atoms with Crippen LogP contribution in [0.1, 0.15) is 47.1 Å². The van der Waals surface area contributed by atoms with E-state index in [1.165, 1.54) is 0 Å². The molecule has 166 valence electrons. The molecule has 7 heteroatoms. The van der Waals surface area contributed by atoms with Crippen LogP contribution in [-0.2, 0) is 39.9 Å². The second kappa shape index (κ2) is 8.65. The van der Waals surface area contributed by atoms with Gasteiger partial charge in [0, 0.05) is 0 Å². The highest BCUT2D eigenvalue weighted by Gasteiger charge is 2.60.